The van der Waals surface area contributed by atoms with Crippen molar-refractivity contribution in [1.82, 2.24) is 4.90 Å². The molecule has 1 unspecified atom stereocenters. The molecule has 0 spiro atoms. The number of hydrogen-bond acceptors (Lipinski definition) is 3. The summed E-state index contributed by atoms with van der Waals surface area (Å²) in [6.07, 6.45) is 1.64. The average molecular weight is 301 g/mol. The van der Waals surface area contributed by atoms with Crippen LogP contribution in [-0.2, 0) is 4.79 Å². The molecule has 114 valence electrons. The maximum Gasteiger partial charge on any atom is 0.239 e. The molecule has 1 aromatic rings. The Bertz CT molecular complexity index is 413. The van der Waals surface area contributed by atoms with Crippen molar-refractivity contribution in [2.24, 2.45) is 5.73 Å². The Morgan fingerprint density at radius 1 is 1.40 bits per heavy atom. The number of carbonyl (C=O) groups excluding carboxylic acids is 1. The van der Waals surface area contributed by atoms with Crippen LogP contribution in [0.4, 0.5) is 0 Å². The Morgan fingerprint density at radius 3 is 2.65 bits per heavy atom. The van der Waals surface area contributed by atoms with Gasteiger partial charge in [0.2, 0.25) is 5.91 Å². The van der Waals surface area contributed by atoms with Gasteiger partial charge in [0.25, 0.3) is 0 Å². The number of aryl methyl sites for hydroxylation is 1. The lowest BCUT2D eigenvalue weighted by atomic mass is 10.1. The van der Waals surface area contributed by atoms with Gasteiger partial charge in [0.15, 0.2) is 0 Å². The summed E-state index contributed by atoms with van der Waals surface area (Å²) in [4.78, 5) is 13.5. The lowest BCUT2D eigenvalue weighted by molar-refractivity contribution is -0.131. The zero-order valence-electron chi connectivity index (χ0n) is 12.5. The van der Waals surface area contributed by atoms with Crippen LogP contribution in [0, 0.1) is 6.92 Å². The van der Waals surface area contributed by atoms with Crippen LogP contribution in [0.1, 0.15) is 25.3 Å². The van der Waals surface area contributed by atoms with E-state index >= 15 is 0 Å². The first-order chi connectivity index (χ1) is 9.06. The largest absolute Gasteiger partial charge is 0.491 e. The van der Waals surface area contributed by atoms with Gasteiger partial charge in [0.05, 0.1) is 12.6 Å². The first kappa shape index (κ1) is 18.7. The highest BCUT2D eigenvalue weighted by Crippen LogP contribution is 2.15. The molecule has 4 nitrogen and oxygen atoms in total. The molecule has 1 rings (SSSR count). The molecule has 0 bridgehead atoms. The Kier molecular flexibility index (Phi) is 9.01. The van der Waals surface area contributed by atoms with Crippen molar-refractivity contribution < 1.29 is 9.53 Å². The topological polar surface area (TPSA) is 55.6 Å². The summed E-state index contributed by atoms with van der Waals surface area (Å²) in [5, 5.41) is 0. The van der Waals surface area contributed by atoms with Gasteiger partial charge >= 0.3 is 0 Å². The lowest BCUT2D eigenvalue weighted by Crippen LogP contribution is -2.43. The molecule has 0 saturated heterocycles. The molecule has 0 radical (unpaired) electrons. The van der Waals surface area contributed by atoms with Gasteiger partial charge in [0.1, 0.15) is 12.4 Å². The minimum absolute atomic E-state index is 0. The number of halogens is 1. The lowest BCUT2D eigenvalue weighted by Gasteiger charge is -2.21. The van der Waals surface area contributed by atoms with Crippen molar-refractivity contribution in [3.05, 3.63) is 29.8 Å². The Labute approximate surface area is 127 Å². The predicted octanol–water partition coefficient (Wildman–Crippen LogP) is 2.38. The highest BCUT2D eigenvalue weighted by molar-refractivity contribution is 5.85. The zero-order chi connectivity index (χ0) is 14.3. The number of rotatable bonds is 7. The molecule has 1 atom stereocenters. The fraction of sp³-hybridized carbons (Fsp3) is 0.533. The summed E-state index contributed by atoms with van der Waals surface area (Å²) in [7, 11) is 1.76. The van der Waals surface area contributed by atoms with Gasteiger partial charge in [-0.1, -0.05) is 31.5 Å². The second kappa shape index (κ2) is 9.61. The fourth-order valence-corrected chi connectivity index (χ4v) is 1.84. The fourth-order valence-electron chi connectivity index (χ4n) is 1.84. The summed E-state index contributed by atoms with van der Waals surface area (Å²) in [5.41, 5.74) is 6.90. The molecule has 0 saturated carbocycles. The summed E-state index contributed by atoms with van der Waals surface area (Å²) < 4.78 is 5.66. The van der Waals surface area contributed by atoms with Crippen LogP contribution in [0.5, 0.6) is 5.75 Å². The third-order valence-corrected chi connectivity index (χ3v) is 3.07. The molecular formula is C15H25ClN2O2. The Hall–Kier alpha value is -1.26. The number of carbonyl (C=O) groups is 1. The molecule has 20 heavy (non-hydrogen) atoms. The van der Waals surface area contributed by atoms with Crippen LogP contribution in [0.25, 0.3) is 0 Å². The highest BCUT2D eigenvalue weighted by atomic mass is 35.5. The van der Waals surface area contributed by atoms with Crippen molar-refractivity contribution in [3.63, 3.8) is 0 Å². The monoisotopic (exact) mass is 300 g/mol. The van der Waals surface area contributed by atoms with Crippen molar-refractivity contribution in [1.29, 1.82) is 0 Å². The summed E-state index contributed by atoms with van der Waals surface area (Å²) in [6, 6.07) is 7.45. The number of amides is 1. The van der Waals surface area contributed by atoms with Gasteiger partial charge in [-0.15, -0.1) is 12.4 Å². The molecule has 0 aliphatic rings. The summed E-state index contributed by atoms with van der Waals surface area (Å²) in [5.74, 6) is 0.844. The molecule has 2 N–H and O–H groups in total. The standard InChI is InChI=1S/C15H24N2O2.ClH/c1-4-7-13(16)15(18)17(3)10-11-19-14-9-6-5-8-12(14)2;/h5-6,8-9,13H,4,7,10-11,16H2,1-3H3;1H. The molecule has 1 amide bonds. The van der Waals surface area contributed by atoms with Gasteiger partial charge in [-0.25, -0.2) is 0 Å². The number of nitrogens with zero attached hydrogens (tertiary/aromatic N) is 1. The quantitative estimate of drug-likeness (QED) is 0.841. The van der Waals surface area contributed by atoms with Crippen molar-refractivity contribution in [2.75, 3.05) is 20.2 Å². The minimum Gasteiger partial charge on any atom is -0.491 e. The van der Waals surface area contributed by atoms with Crippen molar-refractivity contribution >= 4 is 18.3 Å². The number of benzene rings is 1. The molecule has 0 aromatic heterocycles. The number of ether oxygens (including phenoxy) is 1. The Morgan fingerprint density at radius 2 is 2.05 bits per heavy atom. The van der Waals surface area contributed by atoms with E-state index in [-0.39, 0.29) is 18.3 Å². The molecule has 1 aromatic carbocycles. The van der Waals surface area contributed by atoms with Gasteiger partial charge in [-0.3, -0.25) is 4.79 Å². The normalized spacial score (nSPS) is 11.4. The SMILES string of the molecule is CCCC(N)C(=O)N(C)CCOc1ccccc1C.Cl. The summed E-state index contributed by atoms with van der Waals surface area (Å²) in [6.45, 7) is 5.05. The first-order valence-corrected chi connectivity index (χ1v) is 6.75. The highest BCUT2D eigenvalue weighted by Gasteiger charge is 2.16. The number of para-hydroxylation sites is 1. The minimum atomic E-state index is -0.395. The zero-order valence-corrected chi connectivity index (χ0v) is 13.3. The van der Waals surface area contributed by atoms with E-state index in [0.717, 1.165) is 24.2 Å². The van der Waals surface area contributed by atoms with E-state index < -0.39 is 6.04 Å². The third kappa shape index (κ3) is 5.80. The smallest absolute Gasteiger partial charge is 0.239 e. The average Bonchev–Trinajstić information content (AvgIpc) is 2.40. The van der Waals surface area contributed by atoms with Crippen LogP contribution in [0.3, 0.4) is 0 Å². The van der Waals surface area contributed by atoms with Crippen LogP contribution in [-0.4, -0.2) is 37.0 Å². The van der Waals surface area contributed by atoms with Gasteiger partial charge in [-0.2, -0.15) is 0 Å². The van der Waals surface area contributed by atoms with Crippen molar-refractivity contribution in [2.45, 2.75) is 32.7 Å². The summed E-state index contributed by atoms with van der Waals surface area (Å²) >= 11 is 0. The van der Waals surface area contributed by atoms with E-state index in [1.165, 1.54) is 0 Å². The van der Waals surface area contributed by atoms with Crippen molar-refractivity contribution in [3.8, 4) is 5.75 Å². The predicted molar refractivity (Wildman–Crippen MR) is 84.4 cm³/mol. The van der Waals surface area contributed by atoms with Gasteiger partial charge in [0, 0.05) is 7.05 Å². The van der Waals surface area contributed by atoms with Crippen LogP contribution in [0.2, 0.25) is 0 Å². The van der Waals surface area contributed by atoms with E-state index in [1.807, 2.05) is 38.1 Å². The third-order valence-electron chi connectivity index (χ3n) is 3.07. The second-order valence-corrected chi connectivity index (χ2v) is 4.77. The van der Waals surface area contributed by atoms with Crippen LogP contribution < -0.4 is 10.5 Å². The molecule has 0 aliphatic heterocycles. The maximum atomic E-state index is 11.9. The van der Waals surface area contributed by atoms with E-state index in [9.17, 15) is 4.79 Å². The Balaban J connectivity index is 0.00000361. The molecule has 0 aliphatic carbocycles. The maximum absolute atomic E-state index is 11.9. The van der Waals surface area contributed by atoms with E-state index in [2.05, 4.69) is 0 Å². The number of likely N-dealkylation sites (N-methyl/N-ethyl adjacent to an activating group) is 1. The molecule has 5 heteroatoms. The van der Waals surface area contributed by atoms with Crippen LogP contribution >= 0.6 is 12.4 Å². The second-order valence-electron chi connectivity index (χ2n) is 4.77. The first-order valence-electron chi connectivity index (χ1n) is 6.75. The number of hydrogen-bond donors (Lipinski definition) is 1. The molecule has 0 heterocycles. The van der Waals surface area contributed by atoms with Gasteiger partial charge in [-0.05, 0) is 25.0 Å². The van der Waals surface area contributed by atoms with E-state index in [0.29, 0.717) is 13.2 Å². The van der Waals surface area contributed by atoms with E-state index in [1.54, 1.807) is 11.9 Å². The molecule has 0 fully saturated rings. The number of nitrogens with two attached hydrogens (primary N) is 1. The molecular weight excluding hydrogens is 276 g/mol. The van der Waals surface area contributed by atoms with Crippen LogP contribution in [0.15, 0.2) is 24.3 Å². The van der Waals surface area contributed by atoms with E-state index in [4.69, 9.17) is 10.5 Å². The van der Waals surface area contributed by atoms with Gasteiger partial charge < -0.3 is 15.4 Å².